The Hall–Kier alpha value is -0.120. The summed E-state index contributed by atoms with van der Waals surface area (Å²) in [5.41, 5.74) is 0.0123. The number of likely N-dealkylation sites (tertiary alicyclic amines) is 1. The molecule has 1 saturated carbocycles. The van der Waals surface area contributed by atoms with Gasteiger partial charge in [-0.15, -0.1) is 0 Å². The van der Waals surface area contributed by atoms with Gasteiger partial charge in [0.1, 0.15) is 0 Å². The largest absolute Gasteiger partial charge is 0.376 e. The lowest BCUT2D eigenvalue weighted by molar-refractivity contribution is -0.149. The molecule has 3 nitrogen and oxygen atoms in total. The summed E-state index contributed by atoms with van der Waals surface area (Å²) in [6.45, 7) is 11.6. The molecule has 3 heteroatoms. The van der Waals surface area contributed by atoms with Gasteiger partial charge in [-0.05, 0) is 40.5 Å². The summed E-state index contributed by atoms with van der Waals surface area (Å²) < 4.78 is 11.5. The smallest absolute Gasteiger partial charge is 0.0828 e. The van der Waals surface area contributed by atoms with Crippen LogP contribution in [0.5, 0.6) is 0 Å². The van der Waals surface area contributed by atoms with Crippen molar-refractivity contribution in [1.82, 2.24) is 4.90 Å². The van der Waals surface area contributed by atoms with Crippen LogP contribution in [0.15, 0.2) is 0 Å². The van der Waals surface area contributed by atoms with E-state index in [2.05, 4.69) is 32.6 Å². The molecule has 0 amide bonds. The highest BCUT2D eigenvalue weighted by Gasteiger charge is 2.41. The van der Waals surface area contributed by atoms with Crippen LogP contribution in [0.3, 0.4) is 0 Å². The molecule has 0 atom stereocenters. The highest BCUT2D eigenvalue weighted by molar-refractivity contribution is 4.95. The molecule has 1 aliphatic carbocycles. The molecule has 0 bridgehead atoms. The Morgan fingerprint density at radius 2 is 1.75 bits per heavy atom. The first-order valence-corrected chi connectivity index (χ1v) is 6.51. The van der Waals surface area contributed by atoms with Gasteiger partial charge in [0.25, 0.3) is 0 Å². The zero-order valence-electron chi connectivity index (χ0n) is 11.0. The van der Waals surface area contributed by atoms with Crippen LogP contribution in [0.2, 0.25) is 0 Å². The molecule has 1 heterocycles. The van der Waals surface area contributed by atoms with Crippen LogP contribution in [-0.2, 0) is 9.47 Å². The van der Waals surface area contributed by atoms with Gasteiger partial charge < -0.3 is 9.47 Å². The van der Waals surface area contributed by atoms with Gasteiger partial charge in [-0.2, -0.15) is 0 Å². The van der Waals surface area contributed by atoms with Gasteiger partial charge in [-0.25, -0.2) is 0 Å². The van der Waals surface area contributed by atoms with Crippen molar-refractivity contribution in [2.24, 2.45) is 0 Å². The first kappa shape index (κ1) is 12.3. The van der Waals surface area contributed by atoms with Crippen molar-refractivity contribution in [3.05, 3.63) is 0 Å². The molecular formula is C13H25NO2. The van der Waals surface area contributed by atoms with Crippen molar-refractivity contribution in [2.75, 3.05) is 19.7 Å². The summed E-state index contributed by atoms with van der Waals surface area (Å²) in [6.07, 6.45) is 3.38. The average Bonchev–Trinajstić information content (AvgIpc) is 2.02. The van der Waals surface area contributed by atoms with E-state index in [-0.39, 0.29) is 5.60 Å². The van der Waals surface area contributed by atoms with Crippen LogP contribution in [-0.4, -0.2) is 48.4 Å². The molecule has 0 spiro atoms. The lowest BCUT2D eigenvalue weighted by Gasteiger charge is -2.51. The SMILES string of the molecule is CCOC1CN(C2CC(OC(C)(C)C)C2)C1. The maximum atomic E-state index is 5.94. The van der Waals surface area contributed by atoms with Crippen molar-refractivity contribution >= 4 is 0 Å². The first-order chi connectivity index (χ1) is 7.48. The second-order valence-electron chi connectivity index (χ2n) is 6.01. The maximum Gasteiger partial charge on any atom is 0.0828 e. The van der Waals surface area contributed by atoms with E-state index in [1.165, 1.54) is 12.8 Å². The fourth-order valence-electron chi connectivity index (χ4n) is 2.54. The van der Waals surface area contributed by atoms with E-state index in [1.807, 2.05) is 0 Å². The molecule has 1 saturated heterocycles. The Bertz CT molecular complexity index is 225. The van der Waals surface area contributed by atoms with Crippen LogP contribution >= 0.6 is 0 Å². The number of ether oxygens (including phenoxy) is 2. The molecule has 0 aromatic carbocycles. The Balaban J connectivity index is 1.60. The van der Waals surface area contributed by atoms with Crippen LogP contribution < -0.4 is 0 Å². The third-order valence-corrected chi connectivity index (χ3v) is 3.39. The minimum absolute atomic E-state index is 0.0123. The Morgan fingerprint density at radius 3 is 2.25 bits per heavy atom. The summed E-state index contributed by atoms with van der Waals surface area (Å²) in [5, 5.41) is 0. The predicted octanol–water partition coefficient (Wildman–Crippen LogP) is 2.05. The van der Waals surface area contributed by atoms with Crippen molar-refractivity contribution < 1.29 is 9.47 Å². The van der Waals surface area contributed by atoms with Crippen molar-refractivity contribution in [1.29, 1.82) is 0 Å². The van der Waals surface area contributed by atoms with Gasteiger partial charge in [0.05, 0.1) is 17.8 Å². The minimum Gasteiger partial charge on any atom is -0.376 e. The molecular weight excluding hydrogens is 202 g/mol. The van der Waals surface area contributed by atoms with Crippen molar-refractivity contribution in [2.45, 2.75) is 64.4 Å². The molecule has 0 radical (unpaired) electrons. The van der Waals surface area contributed by atoms with E-state index in [4.69, 9.17) is 9.47 Å². The number of hydrogen-bond donors (Lipinski definition) is 0. The van der Waals surface area contributed by atoms with Gasteiger partial charge in [-0.1, -0.05) is 0 Å². The zero-order valence-corrected chi connectivity index (χ0v) is 11.0. The lowest BCUT2D eigenvalue weighted by atomic mass is 9.85. The van der Waals surface area contributed by atoms with E-state index in [1.54, 1.807) is 0 Å². The van der Waals surface area contributed by atoms with E-state index < -0.39 is 0 Å². The summed E-state index contributed by atoms with van der Waals surface area (Å²) in [5.74, 6) is 0. The molecule has 2 aliphatic rings. The van der Waals surface area contributed by atoms with Gasteiger partial charge in [-0.3, -0.25) is 4.90 Å². The third-order valence-electron chi connectivity index (χ3n) is 3.39. The minimum atomic E-state index is 0.0123. The second-order valence-corrected chi connectivity index (χ2v) is 6.01. The van der Waals surface area contributed by atoms with Crippen LogP contribution in [0.4, 0.5) is 0 Å². The average molecular weight is 227 g/mol. The van der Waals surface area contributed by atoms with Crippen molar-refractivity contribution in [3.8, 4) is 0 Å². The summed E-state index contributed by atoms with van der Waals surface area (Å²) >= 11 is 0. The molecule has 0 unspecified atom stereocenters. The van der Waals surface area contributed by atoms with Gasteiger partial charge in [0, 0.05) is 25.7 Å². The Morgan fingerprint density at radius 1 is 1.12 bits per heavy atom. The summed E-state index contributed by atoms with van der Waals surface area (Å²) in [6, 6.07) is 0.754. The van der Waals surface area contributed by atoms with Crippen LogP contribution in [0, 0.1) is 0 Å². The molecule has 2 rings (SSSR count). The van der Waals surface area contributed by atoms with E-state index in [0.717, 1.165) is 25.7 Å². The highest BCUT2D eigenvalue weighted by Crippen LogP contribution is 2.34. The van der Waals surface area contributed by atoms with Gasteiger partial charge in [0.2, 0.25) is 0 Å². The molecule has 0 aromatic rings. The topological polar surface area (TPSA) is 21.7 Å². The quantitative estimate of drug-likeness (QED) is 0.734. The summed E-state index contributed by atoms with van der Waals surface area (Å²) in [7, 11) is 0. The molecule has 16 heavy (non-hydrogen) atoms. The monoisotopic (exact) mass is 227 g/mol. The molecule has 2 fully saturated rings. The third kappa shape index (κ3) is 2.96. The predicted molar refractivity (Wildman–Crippen MR) is 64.6 cm³/mol. The number of rotatable bonds is 4. The Kier molecular flexibility index (Phi) is 3.57. The van der Waals surface area contributed by atoms with Gasteiger partial charge >= 0.3 is 0 Å². The van der Waals surface area contributed by atoms with E-state index in [0.29, 0.717) is 12.2 Å². The van der Waals surface area contributed by atoms with Crippen molar-refractivity contribution in [3.63, 3.8) is 0 Å². The zero-order chi connectivity index (χ0) is 11.8. The maximum absolute atomic E-state index is 5.94. The molecule has 1 aliphatic heterocycles. The molecule has 94 valence electrons. The van der Waals surface area contributed by atoms with E-state index in [9.17, 15) is 0 Å². The molecule has 0 aromatic heterocycles. The normalized spacial score (nSPS) is 32.2. The fourth-order valence-corrected chi connectivity index (χ4v) is 2.54. The summed E-state index contributed by atoms with van der Waals surface area (Å²) in [4.78, 5) is 2.53. The fraction of sp³-hybridized carbons (Fsp3) is 1.00. The lowest BCUT2D eigenvalue weighted by Crippen LogP contribution is -2.61. The molecule has 0 N–H and O–H groups in total. The van der Waals surface area contributed by atoms with Crippen LogP contribution in [0.25, 0.3) is 0 Å². The second kappa shape index (κ2) is 4.63. The van der Waals surface area contributed by atoms with Crippen LogP contribution in [0.1, 0.15) is 40.5 Å². The van der Waals surface area contributed by atoms with E-state index >= 15 is 0 Å². The Labute approximate surface area is 99.1 Å². The number of nitrogens with zero attached hydrogens (tertiary/aromatic N) is 1. The standard InChI is InChI=1S/C13H25NO2/c1-5-15-12-8-14(9-12)10-6-11(7-10)16-13(2,3)4/h10-12H,5-9H2,1-4H3. The highest BCUT2D eigenvalue weighted by atomic mass is 16.5. The van der Waals surface area contributed by atoms with Gasteiger partial charge in [0.15, 0.2) is 0 Å². The first-order valence-electron chi connectivity index (χ1n) is 6.51. The number of hydrogen-bond acceptors (Lipinski definition) is 3.